The maximum atomic E-state index is 8.97. The molecule has 0 aromatic rings. The third-order valence-corrected chi connectivity index (χ3v) is 3.35. The van der Waals surface area contributed by atoms with Gasteiger partial charge in [-0.3, -0.25) is 5.32 Å². The molecule has 1 rings (SSSR count). The van der Waals surface area contributed by atoms with Gasteiger partial charge in [-0.1, -0.05) is 33.1 Å². The molecule has 3 heteroatoms. The van der Waals surface area contributed by atoms with Crippen molar-refractivity contribution >= 4 is 0 Å². The number of nitriles is 1. The third kappa shape index (κ3) is 6.65. The first kappa shape index (κ1) is 14.5. The van der Waals surface area contributed by atoms with E-state index in [9.17, 15) is 0 Å². The molecule has 1 aliphatic carbocycles. The van der Waals surface area contributed by atoms with E-state index in [-0.39, 0.29) is 6.04 Å². The van der Waals surface area contributed by atoms with Gasteiger partial charge >= 0.3 is 0 Å². The summed E-state index contributed by atoms with van der Waals surface area (Å²) in [4.78, 5) is 0. The summed E-state index contributed by atoms with van der Waals surface area (Å²) in [5.41, 5.74) is 0. The van der Waals surface area contributed by atoms with Crippen LogP contribution in [0.5, 0.6) is 0 Å². The molecule has 0 spiro atoms. The molecule has 0 amide bonds. The van der Waals surface area contributed by atoms with Crippen molar-refractivity contribution in [2.75, 3.05) is 13.2 Å². The predicted octanol–water partition coefficient (Wildman–Crippen LogP) is 2.86. The second-order valence-corrected chi connectivity index (χ2v) is 5.08. The van der Waals surface area contributed by atoms with E-state index in [0.717, 1.165) is 6.61 Å². The standard InChI is InChI=1S/C14H26N2O/c1-3-5-6-12(4-2)10-17-11-14(9-15)16-13-7-8-13/h12-14,16H,3-8,10-11H2,1-2H3. The molecule has 0 radical (unpaired) electrons. The van der Waals surface area contributed by atoms with Crippen molar-refractivity contribution in [1.29, 1.82) is 5.26 Å². The lowest BCUT2D eigenvalue weighted by atomic mass is 10.0. The Balaban J connectivity index is 2.08. The summed E-state index contributed by atoms with van der Waals surface area (Å²) >= 11 is 0. The van der Waals surface area contributed by atoms with Crippen LogP contribution in [0.4, 0.5) is 0 Å². The lowest BCUT2D eigenvalue weighted by molar-refractivity contribution is 0.0855. The van der Waals surface area contributed by atoms with Gasteiger partial charge in [0.1, 0.15) is 6.04 Å². The fourth-order valence-electron chi connectivity index (χ4n) is 1.91. The van der Waals surface area contributed by atoms with Crippen molar-refractivity contribution in [1.82, 2.24) is 5.32 Å². The van der Waals surface area contributed by atoms with Crippen molar-refractivity contribution in [2.45, 2.75) is 64.5 Å². The summed E-state index contributed by atoms with van der Waals surface area (Å²) in [7, 11) is 0. The first-order valence-corrected chi connectivity index (χ1v) is 7.03. The summed E-state index contributed by atoms with van der Waals surface area (Å²) in [6.45, 7) is 5.78. The van der Waals surface area contributed by atoms with Gasteiger partial charge in [-0.2, -0.15) is 5.26 Å². The number of nitrogens with zero attached hydrogens (tertiary/aromatic N) is 1. The highest BCUT2D eigenvalue weighted by molar-refractivity contribution is 4.95. The van der Waals surface area contributed by atoms with E-state index in [0.29, 0.717) is 18.6 Å². The van der Waals surface area contributed by atoms with Gasteiger partial charge in [0, 0.05) is 12.6 Å². The summed E-state index contributed by atoms with van der Waals surface area (Å²) in [5.74, 6) is 0.662. The molecule has 0 aromatic carbocycles. The van der Waals surface area contributed by atoms with Gasteiger partial charge in [0.05, 0.1) is 12.7 Å². The molecule has 17 heavy (non-hydrogen) atoms. The minimum atomic E-state index is -0.119. The number of ether oxygens (including phenoxy) is 1. The molecule has 0 aromatic heterocycles. The van der Waals surface area contributed by atoms with Crippen LogP contribution >= 0.6 is 0 Å². The zero-order chi connectivity index (χ0) is 12.5. The summed E-state index contributed by atoms with van der Waals surface area (Å²) in [5, 5.41) is 12.3. The maximum Gasteiger partial charge on any atom is 0.119 e. The Kier molecular flexibility index (Phi) is 7.23. The minimum absolute atomic E-state index is 0.119. The average Bonchev–Trinajstić information content (AvgIpc) is 3.16. The van der Waals surface area contributed by atoms with E-state index < -0.39 is 0 Å². The largest absolute Gasteiger partial charge is 0.378 e. The molecule has 1 aliphatic rings. The van der Waals surface area contributed by atoms with Crippen molar-refractivity contribution in [2.24, 2.45) is 5.92 Å². The average molecular weight is 238 g/mol. The summed E-state index contributed by atoms with van der Waals surface area (Å²) in [6, 6.07) is 2.73. The van der Waals surface area contributed by atoms with Crippen LogP contribution < -0.4 is 5.32 Å². The van der Waals surface area contributed by atoms with E-state index >= 15 is 0 Å². The topological polar surface area (TPSA) is 45.0 Å². The summed E-state index contributed by atoms with van der Waals surface area (Å²) in [6.07, 6.45) is 7.39. The van der Waals surface area contributed by atoms with Crippen LogP contribution in [-0.2, 0) is 4.74 Å². The first-order valence-electron chi connectivity index (χ1n) is 7.03. The monoisotopic (exact) mass is 238 g/mol. The van der Waals surface area contributed by atoms with Crippen LogP contribution in [0.25, 0.3) is 0 Å². The molecular weight excluding hydrogens is 212 g/mol. The number of rotatable bonds is 10. The van der Waals surface area contributed by atoms with E-state index in [1.807, 2.05) is 0 Å². The van der Waals surface area contributed by atoms with Crippen LogP contribution in [0.3, 0.4) is 0 Å². The van der Waals surface area contributed by atoms with Gasteiger partial charge in [-0.15, -0.1) is 0 Å². The number of unbranched alkanes of at least 4 members (excludes halogenated alkanes) is 1. The highest BCUT2D eigenvalue weighted by Crippen LogP contribution is 2.19. The van der Waals surface area contributed by atoms with E-state index in [1.165, 1.54) is 38.5 Å². The summed E-state index contributed by atoms with van der Waals surface area (Å²) < 4.78 is 5.68. The SMILES string of the molecule is CCCCC(CC)COCC(C#N)NC1CC1. The van der Waals surface area contributed by atoms with E-state index in [2.05, 4.69) is 25.2 Å². The Labute approximate surface area is 106 Å². The molecule has 2 atom stereocenters. The van der Waals surface area contributed by atoms with Gasteiger partial charge in [0.15, 0.2) is 0 Å². The highest BCUT2D eigenvalue weighted by Gasteiger charge is 2.24. The molecule has 1 fully saturated rings. The lowest BCUT2D eigenvalue weighted by Gasteiger charge is -2.16. The molecule has 1 saturated carbocycles. The van der Waals surface area contributed by atoms with Gasteiger partial charge in [0.25, 0.3) is 0 Å². The van der Waals surface area contributed by atoms with Crippen molar-refractivity contribution < 1.29 is 4.74 Å². The molecule has 0 bridgehead atoms. The van der Waals surface area contributed by atoms with Crippen molar-refractivity contribution in [3.8, 4) is 6.07 Å². The van der Waals surface area contributed by atoms with Crippen LogP contribution in [0.15, 0.2) is 0 Å². The number of hydrogen-bond donors (Lipinski definition) is 1. The predicted molar refractivity (Wildman–Crippen MR) is 69.7 cm³/mol. The van der Waals surface area contributed by atoms with Gasteiger partial charge in [-0.25, -0.2) is 0 Å². The molecular formula is C14H26N2O. The second-order valence-electron chi connectivity index (χ2n) is 5.08. The minimum Gasteiger partial charge on any atom is -0.378 e. The molecule has 1 N–H and O–H groups in total. The zero-order valence-electron chi connectivity index (χ0n) is 11.2. The molecule has 3 nitrogen and oxygen atoms in total. The Morgan fingerprint density at radius 2 is 2.12 bits per heavy atom. The van der Waals surface area contributed by atoms with Crippen molar-refractivity contribution in [3.05, 3.63) is 0 Å². The fraction of sp³-hybridized carbons (Fsp3) is 0.929. The molecule has 0 saturated heterocycles. The lowest BCUT2D eigenvalue weighted by Crippen LogP contribution is -2.34. The van der Waals surface area contributed by atoms with Crippen LogP contribution in [-0.4, -0.2) is 25.3 Å². The normalized spacial score (nSPS) is 18.6. The Bertz CT molecular complexity index is 233. The second kappa shape index (κ2) is 8.49. The van der Waals surface area contributed by atoms with E-state index in [1.54, 1.807) is 0 Å². The molecule has 0 heterocycles. The fourth-order valence-corrected chi connectivity index (χ4v) is 1.91. The molecule has 98 valence electrons. The van der Waals surface area contributed by atoms with Crippen LogP contribution in [0.2, 0.25) is 0 Å². The Hall–Kier alpha value is -0.590. The maximum absolute atomic E-state index is 8.97. The molecule has 0 aliphatic heterocycles. The number of nitrogens with one attached hydrogen (secondary N) is 1. The highest BCUT2D eigenvalue weighted by atomic mass is 16.5. The van der Waals surface area contributed by atoms with Crippen LogP contribution in [0.1, 0.15) is 52.4 Å². The quantitative estimate of drug-likeness (QED) is 0.636. The molecule has 2 unspecified atom stereocenters. The third-order valence-electron chi connectivity index (χ3n) is 3.35. The smallest absolute Gasteiger partial charge is 0.119 e. The Morgan fingerprint density at radius 1 is 1.35 bits per heavy atom. The van der Waals surface area contributed by atoms with Crippen LogP contribution in [0, 0.1) is 17.2 Å². The first-order chi connectivity index (χ1) is 8.30. The Morgan fingerprint density at radius 3 is 2.65 bits per heavy atom. The van der Waals surface area contributed by atoms with Gasteiger partial charge in [-0.05, 0) is 25.2 Å². The van der Waals surface area contributed by atoms with Gasteiger partial charge < -0.3 is 4.74 Å². The zero-order valence-corrected chi connectivity index (χ0v) is 11.2. The van der Waals surface area contributed by atoms with Crippen molar-refractivity contribution in [3.63, 3.8) is 0 Å². The van der Waals surface area contributed by atoms with Gasteiger partial charge in [0.2, 0.25) is 0 Å². The number of hydrogen-bond acceptors (Lipinski definition) is 3. The van der Waals surface area contributed by atoms with E-state index in [4.69, 9.17) is 10.00 Å².